The molecule has 134 valence electrons. The van der Waals surface area contributed by atoms with E-state index in [0.717, 1.165) is 6.07 Å². The summed E-state index contributed by atoms with van der Waals surface area (Å²) in [5.74, 6) is -1.74. The van der Waals surface area contributed by atoms with Gasteiger partial charge in [0.1, 0.15) is 0 Å². The standard InChI is InChI=1S/C17H19BrF2N4O/c1-2-24-11-13(18)16(21-24)17(25)23-8-6-22(7-9-23)10-12-4-3-5-14(19)15(12)20/h3-5,11H,2,6-10H2,1H3. The second-order valence-electron chi connectivity index (χ2n) is 5.96. The van der Waals surface area contributed by atoms with Gasteiger partial charge in [0.2, 0.25) is 0 Å². The minimum atomic E-state index is -0.831. The van der Waals surface area contributed by atoms with Crippen LogP contribution in [0.3, 0.4) is 0 Å². The van der Waals surface area contributed by atoms with Crippen molar-refractivity contribution in [2.75, 3.05) is 26.2 Å². The summed E-state index contributed by atoms with van der Waals surface area (Å²) in [6, 6.07) is 4.21. The van der Waals surface area contributed by atoms with E-state index in [1.165, 1.54) is 6.07 Å². The fourth-order valence-electron chi connectivity index (χ4n) is 2.87. The summed E-state index contributed by atoms with van der Waals surface area (Å²) in [4.78, 5) is 16.4. The normalized spacial score (nSPS) is 15.6. The van der Waals surface area contributed by atoms with Gasteiger partial charge in [0.15, 0.2) is 17.3 Å². The number of hydrogen-bond acceptors (Lipinski definition) is 3. The molecule has 0 radical (unpaired) electrons. The largest absolute Gasteiger partial charge is 0.335 e. The van der Waals surface area contributed by atoms with Gasteiger partial charge in [-0.25, -0.2) is 8.78 Å². The van der Waals surface area contributed by atoms with Crippen LogP contribution in [0.25, 0.3) is 0 Å². The lowest BCUT2D eigenvalue weighted by molar-refractivity contribution is 0.0619. The van der Waals surface area contributed by atoms with E-state index in [9.17, 15) is 13.6 Å². The Bertz CT molecular complexity index is 772. The molecule has 1 fully saturated rings. The molecule has 1 saturated heterocycles. The van der Waals surface area contributed by atoms with E-state index >= 15 is 0 Å². The molecule has 0 unspecified atom stereocenters. The number of benzene rings is 1. The third-order valence-corrected chi connectivity index (χ3v) is 4.91. The molecule has 1 aliphatic rings. The van der Waals surface area contributed by atoms with Crippen LogP contribution in [0.4, 0.5) is 8.78 Å². The molecular formula is C17H19BrF2N4O. The smallest absolute Gasteiger partial charge is 0.275 e. The third-order valence-electron chi connectivity index (χ3n) is 4.33. The van der Waals surface area contributed by atoms with Gasteiger partial charge in [0.05, 0.1) is 4.47 Å². The lowest BCUT2D eigenvalue weighted by Gasteiger charge is -2.34. The number of aryl methyl sites for hydroxylation is 1. The van der Waals surface area contributed by atoms with Crippen LogP contribution in [0, 0.1) is 11.6 Å². The Hall–Kier alpha value is -1.80. The Labute approximate surface area is 153 Å². The number of carbonyl (C=O) groups is 1. The van der Waals surface area contributed by atoms with E-state index in [0.29, 0.717) is 55.0 Å². The van der Waals surface area contributed by atoms with Gasteiger partial charge in [-0.2, -0.15) is 5.10 Å². The second-order valence-corrected chi connectivity index (χ2v) is 6.82. The number of halogens is 3. The van der Waals surface area contributed by atoms with Crippen LogP contribution >= 0.6 is 15.9 Å². The average molecular weight is 413 g/mol. The van der Waals surface area contributed by atoms with Crippen LogP contribution < -0.4 is 0 Å². The van der Waals surface area contributed by atoms with Gasteiger partial charge in [-0.15, -0.1) is 0 Å². The van der Waals surface area contributed by atoms with E-state index in [2.05, 4.69) is 21.0 Å². The Morgan fingerprint density at radius 2 is 1.96 bits per heavy atom. The fourth-order valence-corrected chi connectivity index (χ4v) is 3.36. The highest BCUT2D eigenvalue weighted by molar-refractivity contribution is 9.10. The summed E-state index contributed by atoms with van der Waals surface area (Å²) >= 11 is 3.38. The predicted molar refractivity (Wildman–Crippen MR) is 93.1 cm³/mol. The van der Waals surface area contributed by atoms with E-state index in [-0.39, 0.29) is 5.91 Å². The van der Waals surface area contributed by atoms with Crippen molar-refractivity contribution in [2.45, 2.75) is 20.0 Å². The molecule has 1 aromatic carbocycles. The molecule has 25 heavy (non-hydrogen) atoms. The highest BCUT2D eigenvalue weighted by Gasteiger charge is 2.26. The van der Waals surface area contributed by atoms with E-state index in [4.69, 9.17) is 0 Å². The maximum Gasteiger partial charge on any atom is 0.275 e. The van der Waals surface area contributed by atoms with Crippen molar-refractivity contribution in [2.24, 2.45) is 0 Å². The summed E-state index contributed by atoms with van der Waals surface area (Å²) in [5, 5.41) is 4.29. The Morgan fingerprint density at radius 3 is 2.60 bits per heavy atom. The lowest BCUT2D eigenvalue weighted by Crippen LogP contribution is -2.48. The SMILES string of the molecule is CCn1cc(Br)c(C(=O)N2CCN(Cc3cccc(F)c3F)CC2)n1. The van der Waals surface area contributed by atoms with Crippen LogP contribution in [0.15, 0.2) is 28.9 Å². The van der Waals surface area contributed by atoms with Crippen molar-refractivity contribution < 1.29 is 13.6 Å². The summed E-state index contributed by atoms with van der Waals surface area (Å²) in [5.41, 5.74) is 0.746. The summed E-state index contributed by atoms with van der Waals surface area (Å²) in [6.45, 7) is 5.25. The average Bonchev–Trinajstić information content (AvgIpc) is 3.00. The van der Waals surface area contributed by atoms with Crippen molar-refractivity contribution in [1.29, 1.82) is 0 Å². The number of amides is 1. The summed E-state index contributed by atoms with van der Waals surface area (Å²) < 4.78 is 29.5. The minimum absolute atomic E-state index is 0.115. The molecule has 0 bridgehead atoms. The molecule has 0 atom stereocenters. The van der Waals surface area contributed by atoms with Gasteiger partial charge < -0.3 is 4.90 Å². The highest BCUT2D eigenvalue weighted by Crippen LogP contribution is 2.19. The van der Waals surface area contributed by atoms with Gasteiger partial charge in [-0.05, 0) is 28.9 Å². The second kappa shape index (κ2) is 7.61. The minimum Gasteiger partial charge on any atom is -0.335 e. The van der Waals surface area contributed by atoms with Crippen molar-refractivity contribution in [1.82, 2.24) is 19.6 Å². The molecule has 1 aliphatic heterocycles. The molecule has 3 rings (SSSR count). The van der Waals surface area contributed by atoms with Gasteiger partial charge in [0, 0.05) is 51.0 Å². The van der Waals surface area contributed by atoms with Crippen molar-refractivity contribution >= 4 is 21.8 Å². The monoisotopic (exact) mass is 412 g/mol. The maximum atomic E-state index is 13.8. The van der Waals surface area contributed by atoms with E-state index in [1.807, 2.05) is 11.8 Å². The molecule has 1 amide bonds. The Morgan fingerprint density at radius 1 is 1.24 bits per heavy atom. The molecular weight excluding hydrogens is 394 g/mol. The molecule has 2 heterocycles. The number of piperazine rings is 1. The van der Waals surface area contributed by atoms with Crippen molar-refractivity contribution in [3.8, 4) is 0 Å². The molecule has 5 nitrogen and oxygen atoms in total. The first kappa shape index (κ1) is 18.0. The van der Waals surface area contributed by atoms with Crippen LogP contribution in [0.1, 0.15) is 23.0 Å². The third kappa shape index (κ3) is 3.90. The summed E-state index contributed by atoms with van der Waals surface area (Å²) in [6.07, 6.45) is 1.79. The van der Waals surface area contributed by atoms with Crippen LogP contribution in [-0.2, 0) is 13.1 Å². The maximum absolute atomic E-state index is 13.8. The Kier molecular flexibility index (Phi) is 5.48. The number of rotatable bonds is 4. The zero-order valence-corrected chi connectivity index (χ0v) is 15.5. The summed E-state index contributed by atoms with van der Waals surface area (Å²) in [7, 11) is 0. The van der Waals surface area contributed by atoms with E-state index < -0.39 is 11.6 Å². The predicted octanol–water partition coefficient (Wildman–Crippen LogP) is 2.90. The van der Waals surface area contributed by atoms with E-state index in [1.54, 1.807) is 21.8 Å². The van der Waals surface area contributed by atoms with Crippen molar-refractivity contribution in [3.63, 3.8) is 0 Å². The number of hydrogen-bond donors (Lipinski definition) is 0. The van der Waals surface area contributed by atoms with Crippen LogP contribution in [0.5, 0.6) is 0 Å². The first-order valence-corrected chi connectivity index (χ1v) is 8.96. The van der Waals surface area contributed by atoms with Crippen LogP contribution in [0.2, 0.25) is 0 Å². The molecule has 0 spiro atoms. The van der Waals surface area contributed by atoms with Crippen LogP contribution in [-0.4, -0.2) is 51.7 Å². The zero-order valence-electron chi connectivity index (χ0n) is 13.9. The molecule has 2 aromatic rings. The Balaban J connectivity index is 1.60. The number of aromatic nitrogens is 2. The molecule has 0 aliphatic carbocycles. The molecule has 8 heteroatoms. The molecule has 0 saturated carbocycles. The first-order chi connectivity index (χ1) is 12.0. The fraction of sp³-hybridized carbons (Fsp3) is 0.412. The quantitative estimate of drug-likeness (QED) is 0.774. The topological polar surface area (TPSA) is 41.4 Å². The molecule has 1 aromatic heterocycles. The van der Waals surface area contributed by atoms with Gasteiger partial charge in [-0.3, -0.25) is 14.4 Å². The van der Waals surface area contributed by atoms with Gasteiger partial charge in [0.25, 0.3) is 5.91 Å². The van der Waals surface area contributed by atoms with Crippen molar-refractivity contribution in [3.05, 3.63) is 51.8 Å². The first-order valence-electron chi connectivity index (χ1n) is 8.17. The number of nitrogens with zero attached hydrogens (tertiary/aromatic N) is 4. The lowest BCUT2D eigenvalue weighted by atomic mass is 10.1. The molecule has 0 N–H and O–H groups in total. The zero-order chi connectivity index (χ0) is 18.0. The number of carbonyl (C=O) groups excluding carboxylic acids is 1. The van der Waals surface area contributed by atoms with Gasteiger partial charge in [-0.1, -0.05) is 12.1 Å². The van der Waals surface area contributed by atoms with Gasteiger partial charge >= 0.3 is 0 Å². The highest BCUT2D eigenvalue weighted by atomic mass is 79.9.